The molecule has 1 rings (SSSR count). The number of carbonyl (C=O) groups is 1. The van der Waals surface area contributed by atoms with Gasteiger partial charge in [0.1, 0.15) is 5.76 Å². The van der Waals surface area contributed by atoms with E-state index < -0.39 is 0 Å². The first-order valence-corrected chi connectivity index (χ1v) is 6.73. The number of aryl methyl sites for hydroxylation is 1. The quantitative estimate of drug-likeness (QED) is 0.629. The molecular formula is C14H24N2O3. The van der Waals surface area contributed by atoms with Gasteiger partial charge in [-0.1, -0.05) is 0 Å². The number of hydrogen-bond donors (Lipinski definition) is 2. The molecule has 0 aliphatic rings. The molecular weight excluding hydrogens is 244 g/mol. The standard InChI is InChI=1S/C14H24N2O3/c1-12(6-7-13-5-3-10-19-13)16-11-14(17)15-8-4-9-18-2/h3,5,10,12,16H,4,6-9,11H2,1-2H3,(H,15,17). The Morgan fingerprint density at radius 2 is 2.37 bits per heavy atom. The first kappa shape index (κ1) is 15.7. The Morgan fingerprint density at radius 3 is 3.05 bits per heavy atom. The molecule has 108 valence electrons. The summed E-state index contributed by atoms with van der Waals surface area (Å²) in [5.74, 6) is 1.01. The van der Waals surface area contributed by atoms with E-state index in [9.17, 15) is 4.79 Å². The summed E-state index contributed by atoms with van der Waals surface area (Å²) in [6.45, 7) is 3.76. The molecule has 0 saturated carbocycles. The van der Waals surface area contributed by atoms with Crippen LogP contribution in [0.15, 0.2) is 22.8 Å². The van der Waals surface area contributed by atoms with Crippen molar-refractivity contribution in [3.63, 3.8) is 0 Å². The molecule has 1 heterocycles. The molecule has 2 N–H and O–H groups in total. The molecule has 1 aromatic heterocycles. The Hall–Kier alpha value is -1.33. The second kappa shape index (κ2) is 9.58. The highest BCUT2D eigenvalue weighted by Gasteiger charge is 2.06. The third kappa shape index (κ3) is 7.64. The number of carbonyl (C=O) groups excluding carboxylic acids is 1. The summed E-state index contributed by atoms with van der Waals surface area (Å²) in [4.78, 5) is 11.5. The van der Waals surface area contributed by atoms with Crippen LogP contribution in [0.25, 0.3) is 0 Å². The second-order valence-corrected chi connectivity index (χ2v) is 4.60. The molecule has 1 amide bonds. The zero-order valence-electron chi connectivity index (χ0n) is 11.8. The summed E-state index contributed by atoms with van der Waals surface area (Å²) < 4.78 is 10.2. The van der Waals surface area contributed by atoms with Crippen molar-refractivity contribution in [2.75, 3.05) is 26.8 Å². The third-order valence-electron chi connectivity index (χ3n) is 2.86. The minimum atomic E-state index is 0.0287. The van der Waals surface area contributed by atoms with E-state index in [1.165, 1.54) is 0 Å². The van der Waals surface area contributed by atoms with Gasteiger partial charge in [0.25, 0.3) is 0 Å². The van der Waals surface area contributed by atoms with Gasteiger partial charge in [-0.15, -0.1) is 0 Å². The minimum absolute atomic E-state index is 0.0287. The van der Waals surface area contributed by atoms with Gasteiger partial charge in [-0.25, -0.2) is 0 Å². The van der Waals surface area contributed by atoms with E-state index in [1.54, 1.807) is 13.4 Å². The summed E-state index contributed by atoms with van der Waals surface area (Å²) in [5.41, 5.74) is 0. The first-order chi connectivity index (χ1) is 9.22. The van der Waals surface area contributed by atoms with Gasteiger partial charge in [0, 0.05) is 32.7 Å². The van der Waals surface area contributed by atoms with Gasteiger partial charge < -0.3 is 19.8 Å². The number of hydrogen-bond acceptors (Lipinski definition) is 4. The molecule has 19 heavy (non-hydrogen) atoms. The maximum absolute atomic E-state index is 11.5. The van der Waals surface area contributed by atoms with Gasteiger partial charge in [0.2, 0.25) is 5.91 Å². The predicted octanol–water partition coefficient (Wildman–Crippen LogP) is 1.34. The molecule has 1 atom stereocenters. The summed E-state index contributed by atoms with van der Waals surface area (Å²) in [7, 11) is 1.66. The second-order valence-electron chi connectivity index (χ2n) is 4.60. The van der Waals surface area contributed by atoms with Gasteiger partial charge in [-0.3, -0.25) is 4.79 Å². The lowest BCUT2D eigenvalue weighted by atomic mass is 10.1. The number of rotatable bonds is 10. The van der Waals surface area contributed by atoms with E-state index in [-0.39, 0.29) is 11.9 Å². The highest BCUT2D eigenvalue weighted by molar-refractivity contribution is 5.77. The van der Waals surface area contributed by atoms with Crippen LogP contribution in [0.3, 0.4) is 0 Å². The highest BCUT2D eigenvalue weighted by atomic mass is 16.5. The van der Waals surface area contributed by atoms with Gasteiger partial charge in [0.05, 0.1) is 12.8 Å². The fourth-order valence-electron chi connectivity index (χ4n) is 1.69. The van der Waals surface area contributed by atoms with E-state index >= 15 is 0 Å². The van der Waals surface area contributed by atoms with Crippen LogP contribution in [-0.2, 0) is 16.0 Å². The maximum Gasteiger partial charge on any atom is 0.233 e. The molecule has 0 fully saturated rings. The van der Waals surface area contributed by atoms with Crippen LogP contribution in [0.4, 0.5) is 0 Å². The minimum Gasteiger partial charge on any atom is -0.469 e. The lowest BCUT2D eigenvalue weighted by Gasteiger charge is -2.13. The molecule has 0 radical (unpaired) electrons. The molecule has 1 unspecified atom stereocenters. The number of amides is 1. The molecule has 0 aliphatic heterocycles. The summed E-state index contributed by atoms with van der Waals surface area (Å²) in [6, 6.07) is 4.14. The van der Waals surface area contributed by atoms with Crippen LogP contribution >= 0.6 is 0 Å². The largest absolute Gasteiger partial charge is 0.469 e. The molecule has 0 aliphatic carbocycles. The number of furan rings is 1. The van der Waals surface area contributed by atoms with Crippen LogP contribution in [0, 0.1) is 0 Å². The van der Waals surface area contributed by atoms with Crippen molar-refractivity contribution < 1.29 is 13.9 Å². The molecule has 5 nitrogen and oxygen atoms in total. The summed E-state index contributed by atoms with van der Waals surface area (Å²) in [6.07, 6.45) is 4.36. The lowest BCUT2D eigenvalue weighted by Crippen LogP contribution is -2.38. The topological polar surface area (TPSA) is 63.5 Å². The van der Waals surface area contributed by atoms with Crippen LogP contribution < -0.4 is 10.6 Å². The smallest absolute Gasteiger partial charge is 0.233 e. The SMILES string of the molecule is COCCCNC(=O)CNC(C)CCc1ccco1. The van der Waals surface area contributed by atoms with E-state index in [2.05, 4.69) is 17.6 Å². The van der Waals surface area contributed by atoms with Crippen molar-refractivity contribution in [3.8, 4) is 0 Å². The van der Waals surface area contributed by atoms with Gasteiger partial charge >= 0.3 is 0 Å². The normalized spacial score (nSPS) is 12.3. The fraction of sp³-hybridized carbons (Fsp3) is 0.643. The maximum atomic E-state index is 11.5. The lowest BCUT2D eigenvalue weighted by molar-refractivity contribution is -0.120. The predicted molar refractivity (Wildman–Crippen MR) is 74.0 cm³/mol. The van der Waals surface area contributed by atoms with E-state index in [0.717, 1.165) is 25.0 Å². The van der Waals surface area contributed by atoms with Crippen LogP contribution in [0.5, 0.6) is 0 Å². The highest BCUT2D eigenvalue weighted by Crippen LogP contribution is 2.05. The van der Waals surface area contributed by atoms with Crippen molar-refractivity contribution in [1.82, 2.24) is 10.6 Å². The average Bonchev–Trinajstić information content (AvgIpc) is 2.92. The van der Waals surface area contributed by atoms with E-state index in [4.69, 9.17) is 9.15 Å². The monoisotopic (exact) mass is 268 g/mol. The van der Waals surface area contributed by atoms with Crippen molar-refractivity contribution in [2.45, 2.75) is 32.2 Å². The van der Waals surface area contributed by atoms with Crippen molar-refractivity contribution in [1.29, 1.82) is 0 Å². The Labute approximate surface area is 114 Å². The Balaban J connectivity index is 2.02. The molecule has 0 spiro atoms. The van der Waals surface area contributed by atoms with Gasteiger partial charge in [-0.2, -0.15) is 0 Å². The van der Waals surface area contributed by atoms with Crippen molar-refractivity contribution >= 4 is 5.91 Å². The Morgan fingerprint density at radius 1 is 1.53 bits per heavy atom. The van der Waals surface area contributed by atoms with Crippen LogP contribution in [0.2, 0.25) is 0 Å². The van der Waals surface area contributed by atoms with Crippen molar-refractivity contribution in [3.05, 3.63) is 24.2 Å². The fourth-order valence-corrected chi connectivity index (χ4v) is 1.69. The van der Waals surface area contributed by atoms with E-state index in [1.807, 2.05) is 12.1 Å². The third-order valence-corrected chi connectivity index (χ3v) is 2.86. The number of nitrogens with one attached hydrogen (secondary N) is 2. The van der Waals surface area contributed by atoms with Crippen LogP contribution in [-0.4, -0.2) is 38.8 Å². The van der Waals surface area contributed by atoms with Crippen LogP contribution in [0.1, 0.15) is 25.5 Å². The molecule has 0 aromatic carbocycles. The Kier molecular flexibility index (Phi) is 7.93. The van der Waals surface area contributed by atoms with Gasteiger partial charge in [-0.05, 0) is 31.9 Å². The molecule has 1 aromatic rings. The summed E-state index contributed by atoms with van der Waals surface area (Å²) >= 11 is 0. The number of ether oxygens (including phenoxy) is 1. The molecule has 5 heteroatoms. The summed E-state index contributed by atoms with van der Waals surface area (Å²) in [5, 5.41) is 6.04. The first-order valence-electron chi connectivity index (χ1n) is 6.73. The van der Waals surface area contributed by atoms with Gasteiger partial charge in [0.15, 0.2) is 0 Å². The zero-order chi connectivity index (χ0) is 13.9. The molecule has 0 saturated heterocycles. The average molecular weight is 268 g/mol. The van der Waals surface area contributed by atoms with E-state index in [0.29, 0.717) is 19.7 Å². The molecule has 0 bridgehead atoms. The Bertz CT molecular complexity index is 338. The number of methoxy groups -OCH3 is 1. The zero-order valence-corrected chi connectivity index (χ0v) is 11.8. The van der Waals surface area contributed by atoms with Crippen molar-refractivity contribution in [2.24, 2.45) is 0 Å².